The summed E-state index contributed by atoms with van der Waals surface area (Å²) in [5.41, 5.74) is 2.52. The summed E-state index contributed by atoms with van der Waals surface area (Å²) in [6.07, 6.45) is 1.85. The van der Waals surface area contributed by atoms with Gasteiger partial charge in [-0.05, 0) is 43.0 Å². The molecule has 0 radical (unpaired) electrons. The van der Waals surface area contributed by atoms with E-state index in [9.17, 15) is 4.79 Å². The summed E-state index contributed by atoms with van der Waals surface area (Å²) in [4.78, 5) is 18.5. The number of esters is 1. The highest BCUT2D eigenvalue weighted by Gasteiger charge is 2.36. The molecule has 1 N–H and O–H groups in total. The number of hydrogen-bond acceptors (Lipinski definition) is 7. The first-order valence-electron chi connectivity index (χ1n) is 8.85. The van der Waals surface area contributed by atoms with Gasteiger partial charge in [-0.25, -0.2) is 9.48 Å². The quantitative estimate of drug-likeness (QED) is 0.428. The molecular formula is C18H24N4O2S2. The van der Waals surface area contributed by atoms with Gasteiger partial charge < -0.3 is 10.1 Å². The van der Waals surface area contributed by atoms with Crippen LogP contribution >= 0.6 is 23.1 Å². The number of fused-ring (bicyclic) bond motifs is 1. The van der Waals surface area contributed by atoms with Crippen LogP contribution in [0, 0.1) is 6.92 Å². The van der Waals surface area contributed by atoms with Crippen LogP contribution in [0.3, 0.4) is 0 Å². The number of carbonyl (C=O) groups excluding carboxylic acids is 1. The van der Waals surface area contributed by atoms with Crippen LogP contribution in [-0.4, -0.2) is 33.1 Å². The Kier molecular flexibility index (Phi) is 6.03. The zero-order valence-electron chi connectivity index (χ0n) is 15.5. The Balaban J connectivity index is 2.03. The monoisotopic (exact) mass is 392 g/mol. The number of aromatic nitrogens is 3. The van der Waals surface area contributed by atoms with E-state index in [1.54, 1.807) is 23.1 Å². The van der Waals surface area contributed by atoms with Crippen molar-refractivity contribution in [1.82, 2.24) is 14.8 Å². The fourth-order valence-corrected chi connectivity index (χ4v) is 4.45. The molecule has 1 atom stereocenters. The van der Waals surface area contributed by atoms with Gasteiger partial charge in [0.2, 0.25) is 11.1 Å². The van der Waals surface area contributed by atoms with E-state index in [4.69, 9.17) is 4.74 Å². The van der Waals surface area contributed by atoms with Gasteiger partial charge in [0.1, 0.15) is 6.04 Å². The normalized spacial score (nSPS) is 16.4. The average Bonchev–Trinajstić information content (AvgIpc) is 3.19. The first kappa shape index (κ1) is 19.0. The van der Waals surface area contributed by atoms with Crippen LogP contribution in [0.4, 0.5) is 5.95 Å². The molecule has 0 aromatic carbocycles. The summed E-state index contributed by atoms with van der Waals surface area (Å²) in [5.74, 6) is 1.28. The lowest BCUT2D eigenvalue weighted by Gasteiger charge is -2.27. The van der Waals surface area contributed by atoms with E-state index in [2.05, 4.69) is 42.2 Å². The third-order valence-corrected chi connectivity index (χ3v) is 6.00. The lowest BCUT2D eigenvalue weighted by atomic mass is 10.00. The van der Waals surface area contributed by atoms with Crippen LogP contribution in [0.1, 0.15) is 50.1 Å². The molecule has 2 aromatic rings. The van der Waals surface area contributed by atoms with Crippen molar-refractivity contribution in [3.8, 4) is 0 Å². The Morgan fingerprint density at radius 2 is 2.23 bits per heavy atom. The fourth-order valence-electron chi connectivity index (χ4n) is 2.88. The van der Waals surface area contributed by atoms with Gasteiger partial charge in [0, 0.05) is 10.6 Å². The number of hydrogen-bond donors (Lipinski definition) is 1. The molecule has 26 heavy (non-hydrogen) atoms. The summed E-state index contributed by atoms with van der Waals surface area (Å²) in [5, 5.41) is 10.6. The van der Waals surface area contributed by atoms with E-state index in [-0.39, 0.29) is 12.0 Å². The van der Waals surface area contributed by atoms with E-state index in [1.165, 1.54) is 0 Å². The Bertz CT molecular complexity index is 825. The Morgan fingerprint density at radius 3 is 2.88 bits per heavy atom. The van der Waals surface area contributed by atoms with Crippen LogP contribution in [-0.2, 0) is 9.53 Å². The van der Waals surface area contributed by atoms with E-state index in [0.717, 1.165) is 34.7 Å². The lowest BCUT2D eigenvalue weighted by Crippen LogP contribution is -2.29. The Hall–Kier alpha value is -1.80. The number of ether oxygens (including phenoxy) is 1. The number of anilines is 1. The van der Waals surface area contributed by atoms with Crippen LogP contribution in [0.2, 0.25) is 0 Å². The third-order valence-electron chi connectivity index (χ3n) is 4.21. The van der Waals surface area contributed by atoms with E-state index < -0.39 is 0 Å². The minimum absolute atomic E-state index is 0.285. The van der Waals surface area contributed by atoms with E-state index in [1.807, 2.05) is 17.0 Å². The molecule has 1 aliphatic heterocycles. The van der Waals surface area contributed by atoms with E-state index in [0.29, 0.717) is 23.3 Å². The SMILES string of the molecule is CCCCOC(=O)C1=C(C)Nc2nc(SCC)nn2C1c1sccc1C. The second-order valence-electron chi connectivity index (χ2n) is 6.12. The standard InChI is InChI=1S/C18H24N4O2S2/c1-5-7-9-24-16(23)13-12(4)19-17-20-18(25-6-2)21-22(17)14(13)15-11(3)8-10-26-15/h8,10,14H,5-7,9H2,1-4H3,(H,19,20,21). The zero-order valence-corrected chi connectivity index (χ0v) is 17.2. The largest absolute Gasteiger partial charge is 0.462 e. The average molecular weight is 393 g/mol. The molecule has 0 saturated heterocycles. The van der Waals surface area contributed by atoms with Crippen molar-refractivity contribution in [3.05, 3.63) is 33.2 Å². The molecule has 3 heterocycles. The maximum Gasteiger partial charge on any atom is 0.338 e. The van der Waals surface area contributed by atoms with Crippen LogP contribution in [0.25, 0.3) is 0 Å². The van der Waals surface area contributed by atoms with Crippen molar-refractivity contribution in [2.24, 2.45) is 0 Å². The van der Waals surface area contributed by atoms with Gasteiger partial charge in [-0.1, -0.05) is 32.0 Å². The van der Waals surface area contributed by atoms with Gasteiger partial charge in [0.25, 0.3) is 0 Å². The number of thiophene rings is 1. The van der Waals surface area contributed by atoms with Crippen LogP contribution in [0.5, 0.6) is 0 Å². The van der Waals surface area contributed by atoms with Gasteiger partial charge in [-0.2, -0.15) is 4.98 Å². The van der Waals surface area contributed by atoms with Crippen molar-refractivity contribution in [3.63, 3.8) is 0 Å². The minimum Gasteiger partial charge on any atom is -0.462 e. The highest BCUT2D eigenvalue weighted by Crippen LogP contribution is 2.39. The van der Waals surface area contributed by atoms with Crippen molar-refractivity contribution in [2.45, 2.75) is 51.7 Å². The second kappa shape index (κ2) is 8.26. The summed E-state index contributed by atoms with van der Waals surface area (Å²) in [6, 6.07) is 1.76. The van der Waals surface area contributed by atoms with Gasteiger partial charge in [0.05, 0.1) is 12.2 Å². The smallest absolute Gasteiger partial charge is 0.338 e. The molecule has 0 bridgehead atoms. The molecule has 6 nitrogen and oxygen atoms in total. The van der Waals surface area contributed by atoms with Crippen molar-refractivity contribution < 1.29 is 9.53 Å². The Morgan fingerprint density at radius 1 is 1.42 bits per heavy atom. The lowest BCUT2D eigenvalue weighted by molar-refractivity contribution is -0.139. The molecule has 3 rings (SSSR count). The summed E-state index contributed by atoms with van der Waals surface area (Å²) in [7, 11) is 0. The predicted octanol–water partition coefficient (Wildman–Crippen LogP) is 4.39. The summed E-state index contributed by atoms with van der Waals surface area (Å²) >= 11 is 3.21. The van der Waals surface area contributed by atoms with E-state index >= 15 is 0 Å². The molecule has 0 saturated carbocycles. The molecule has 0 aliphatic carbocycles. The molecule has 1 aliphatic rings. The number of thioether (sulfide) groups is 1. The Labute approximate surface area is 162 Å². The maximum atomic E-state index is 12.9. The van der Waals surface area contributed by atoms with Crippen LogP contribution < -0.4 is 5.32 Å². The number of nitrogens with one attached hydrogen (secondary N) is 1. The van der Waals surface area contributed by atoms with Crippen molar-refractivity contribution in [2.75, 3.05) is 17.7 Å². The molecule has 8 heteroatoms. The third kappa shape index (κ3) is 3.66. The molecule has 140 valence electrons. The number of carbonyl (C=O) groups is 1. The number of unbranched alkanes of at least 4 members (excludes halogenated alkanes) is 1. The molecular weight excluding hydrogens is 368 g/mol. The zero-order chi connectivity index (χ0) is 18.7. The van der Waals surface area contributed by atoms with Crippen molar-refractivity contribution >= 4 is 35.0 Å². The first-order chi connectivity index (χ1) is 12.6. The van der Waals surface area contributed by atoms with Gasteiger partial charge >= 0.3 is 5.97 Å². The number of allylic oxidation sites excluding steroid dienone is 1. The number of nitrogens with zero attached hydrogens (tertiary/aromatic N) is 3. The number of rotatable bonds is 7. The summed E-state index contributed by atoms with van der Waals surface area (Å²) in [6.45, 7) is 8.54. The molecule has 2 aromatic heterocycles. The first-order valence-corrected chi connectivity index (χ1v) is 10.7. The van der Waals surface area contributed by atoms with Gasteiger partial charge in [-0.3, -0.25) is 0 Å². The van der Waals surface area contributed by atoms with Gasteiger partial charge in [0.15, 0.2) is 0 Å². The highest BCUT2D eigenvalue weighted by molar-refractivity contribution is 7.99. The van der Waals surface area contributed by atoms with Crippen molar-refractivity contribution in [1.29, 1.82) is 0 Å². The van der Waals surface area contributed by atoms with Crippen LogP contribution in [0.15, 0.2) is 27.9 Å². The van der Waals surface area contributed by atoms with Gasteiger partial charge in [-0.15, -0.1) is 16.4 Å². The molecule has 0 amide bonds. The molecule has 0 spiro atoms. The topological polar surface area (TPSA) is 69.0 Å². The minimum atomic E-state index is -0.306. The number of aryl methyl sites for hydroxylation is 1. The molecule has 0 fully saturated rings. The summed E-state index contributed by atoms with van der Waals surface area (Å²) < 4.78 is 7.35. The fraction of sp³-hybridized carbons (Fsp3) is 0.500. The predicted molar refractivity (Wildman–Crippen MR) is 106 cm³/mol. The maximum absolute atomic E-state index is 12.9. The molecule has 1 unspecified atom stereocenters. The second-order valence-corrected chi connectivity index (χ2v) is 8.30. The highest BCUT2D eigenvalue weighted by atomic mass is 32.2.